The van der Waals surface area contributed by atoms with Gasteiger partial charge in [-0.3, -0.25) is 0 Å². The van der Waals surface area contributed by atoms with E-state index in [2.05, 4.69) is 10.1 Å². The van der Waals surface area contributed by atoms with Crippen LogP contribution in [0.15, 0.2) is 29.2 Å². The van der Waals surface area contributed by atoms with Gasteiger partial charge in [0.05, 0.1) is 23.3 Å². The molecule has 3 aromatic rings. The molecule has 0 aliphatic heterocycles. The van der Waals surface area contributed by atoms with Gasteiger partial charge < -0.3 is 4.74 Å². The Bertz CT molecular complexity index is 951. The lowest BCUT2D eigenvalue weighted by molar-refractivity contribution is 0.0521. The Morgan fingerprint density at radius 2 is 2.00 bits per heavy atom. The smallest absolute Gasteiger partial charge is 0.341 e. The Morgan fingerprint density at radius 3 is 2.60 bits per heavy atom. The molecule has 2 heterocycles. The zero-order chi connectivity index (χ0) is 18.1. The summed E-state index contributed by atoms with van der Waals surface area (Å²) in [5.74, 6) is -0.357. The molecular weight excluding hydrogens is 358 g/mol. The highest BCUT2D eigenvalue weighted by molar-refractivity contribution is 7.99. The van der Waals surface area contributed by atoms with E-state index in [1.165, 1.54) is 11.8 Å². The van der Waals surface area contributed by atoms with E-state index >= 15 is 0 Å². The van der Waals surface area contributed by atoms with Gasteiger partial charge in [0.2, 0.25) is 0 Å². The van der Waals surface area contributed by atoms with Crippen LogP contribution in [0.2, 0.25) is 5.02 Å². The van der Waals surface area contributed by atoms with Crippen molar-refractivity contribution in [3.8, 4) is 11.3 Å². The zero-order valence-corrected chi connectivity index (χ0v) is 16.0. The first-order valence-corrected chi connectivity index (χ1v) is 9.42. The molecule has 0 aliphatic rings. The van der Waals surface area contributed by atoms with Gasteiger partial charge in [0.25, 0.3) is 0 Å². The first-order chi connectivity index (χ1) is 12.0. The number of benzene rings is 1. The molecule has 7 heteroatoms. The summed E-state index contributed by atoms with van der Waals surface area (Å²) in [7, 11) is 1.85. The Morgan fingerprint density at radius 1 is 1.32 bits per heavy atom. The van der Waals surface area contributed by atoms with Crippen molar-refractivity contribution in [2.75, 3.05) is 12.9 Å². The van der Waals surface area contributed by atoms with E-state index in [1.807, 2.05) is 44.5 Å². The van der Waals surface area contributed by atoms with Gasteiger partial charge in [0.15, 0.2) is 5.65 Å². The maximum atomic E-state index is 12.5. The van der Waals surface area contributed by atoms with Crippen LogP contribution < -0.4 is 0 Å². The highest BCUT2D eigenvalue weighted by Crippen LogP contribution is 2.37. The summed E-state index contributed by atoms with van der Waals surface area (Å²) in [6.45, 7) is 3.93. The van der Waals surface area contributed by atoms with Crippen molar-refractivity contribution in [2.45, 2.75) is 18.7 Å². The predicted molar refractivity (Wildman–Crippen MR) is 101 cm³/mol. The van der Waals surface area contributed by atoms with E-state index in [0.717, 1.165) is 27.2 Å². The number of thioether (sulfide) groups is 1. The molecule has 3 rings (SSSR count). The molecule has 0 fully saturated rings. The van der Waals surface area contributed by atoms with Crippen LogP contribution in [0.5, 0.6) is 0 Å². The molecule has 0 N–H and O–H groups in total. The number of halogens is 1. The van der Waals surface area contributed by atoms with Crippen molar-refractivity contribution >= 4 is 40.4 Å². The molecule has 25 heavy (non-hydrogen) atoms. The van der Waals surface area contributed by atoms with Crippen LogP contribution in [0.1, 0.15) is 23.0 Å². The number of esters is 1. The number of aryl methyl sites for hydroxylation is 2. The van der Waals surface area contributed by atoms with Gasteiger partial charge in [-0.25, -0.2) is 14.5 Å². The highest BCUT2D eigenvalue weighted by Gasteiger charge is 2.24. The molecule has 130 valence electrons. The minimum absolute atomic E-state index is 0.321. The van der Waals surface area contributed by atoms with Crippen LogP contribution in [-0.2, 0) is 11.8 Å². The summed E-state index contributed by atoms with van der Waals surface area (Å²) < 4.78 is 6.97. The average Bonchev–Trinajstić information content (AvgIpc) is 2.91. The summed E-state index contributed by atoms with van der Waals surface area (Å²) in [5.41, 5.74) is 3.58. The van der Waals surface area contributed by atoms with Crippen LogP contribution in [0.25, 0.3) is 22.3 Å². The highest BCUT2D eigenvalue weighted by atomic mass is 35.5. The topological polar surface area (TPSA) is 57.0 Å². The lowest BCUT2D eigenvalue weighted by Gasteiger charge is -2.11. The molecule has 2 aromatic heterocycles. The molecule has 5 nitrogen and oxygen atoms in total. The Labute approximate surface area is 155 Å². The predicted octanol–water partition coefficient (Wildman–Crippen LogP) is 4.50. The summed E-state index contributed by atoms with van der Waals surface area (Å²) in [6, 6.07) is 7.48. The molecule has 0 radical (unpaired) electrons. The van der Waals surface area contributed by atoms with Crippen LogP contribution in [0, 0.1) is 6.92 Å². The minimum Gasteiger partial charge on any atom is -0.462 e. The second-order valence-electron chi connectivity index (χ2n) is 5.50. The van der Waals surface area contributed by atoms with Crippen LogP contribution in [-0.4, -0.2) is 33.6 Å². The lowest BCUT2D eigenvalue weighted by atomic mass is 10.1. The standard InChI is InChI=1S/C18H18ClN3O2S/c1-5-24-18(23)13-10(2)20-17-14(16(13)25-4)15(21-22(17)3)11-6-8-12(19)9-7-11/h6-9H,5H2,1-4H3. The normalized spacial score (nSPS) is 11.1. The minimum atomic E-state index is -0.357. The van der Waals surface area contributed by atoms with Crippen LogP contribution in [0.3, 0.4) is 0 Å². The maximum absolute atomic E-state index is 12.5. The summed E-state index contributed by atoms with van der Waals surface area (Å²) in [4.78, 5) is 17.9. The van der Waals surface area contributed by atoms with Gasteiger partial charge in [-0.05, 0) is 32.2 Å². The number of aromatic nitrogens is 3. The quantitative estimate of drug-likeness (QED) is 0.496. The Hall–Kier alpha value is -2.05. The second kappa shape index (κ2) is 7.06. The fourth-order valence-corrected chi connectivity index (χ4v) is 3.77. The number of pyridine rings is 1. The van der Waals surface area contributed by atoms with Crippen molar-refractivity contribution in [1.29, 1.82) is 0 Å². The van der Waals surface area contributed by atoms with Crippen molar-refractivity contribution < 1.29 is 9.53 Å². The first-order valence-electron chi connectivity index (χ1n) is 7.82. The summed E-state index contributed by atoms with van der Waals surface area (Å²) >= 11 is 7.50. The molecule has 0 bridgehead atoms. The molecule has 0 aliphatic carbocycles. The molecule has 0 atom stereocenters. The van der Waals surface area contributed by atoms with Gasteiger partial charge in [-0.15, -0.1) is 11.8 Å². The number of carbonyl (C=O) groups excluding carboxylic acids is 1. The number of hydrogen-bond acceptors (Lipinski definition) is 5. The molecule has 0 saturated heterocycles. The number of ether oxygens (including phenoxy) is 1. The van der Waals surface area contributed by atoms with E-state index < -0.39 is 0 Å². The second-order valence-corrected chi connectivity index (χ2v) is 6.76. The largest absolute Gasteiger partial charge is 0.462 e. The zero-order valence-electron chi connectivity index (χ0n) is 14.5. The van der Waals surface area contributed by atoms with Gasteiger partial charge in [-0.1, -0.05) is 23.7 Å². The van der Waals surface area contributed by atoms with E-state index in [9.17, 15) is 4.79 Å². The van der Waals surface area contributed by atoms with E-state index in [-0.39, 0.29) is 5.97 Å². The molecule has 0 unspecified atom stereocenters. The fourth-order valence-electron chi connectivity index (χ4n) is 2.81. The van der Waals surface area contributed by atoms with E-state index in [4.69, 9.17) is 16.3 Å². The van der Waals surface area contributed by atoms with E-state index in [0.29, 0.717) is 22.9 Å². The lowest BCUT2D eigenvalue weighted by Crippen LogP contribution is -2.10. The molecule has 1 aromatic carbocycles. The van der Waals surface area contributed by atoms with Gasteiger partial charge in [0.1, 0.15) is 5.69 Å². The summed E-state index contributed by atoms with van der Waals surface area (Å²) in [5, 5.41) is 6.15. The van der Waals surface area contributed by atoms with Crippen molar-refractivity contribution in [2.24, 2.45) is 7.05 Å². The molecular formula is C18H18ClN3O2S. The fraction of sp³-hybridized carbons (Fsp3) is 0.278. The van der Waals surface area contributed by atoms with Crippen LogP contribution >= 0.6 is 23.4 Å². The molecule has 0 spiro atoms. The maximum Gasteiger partial charge on any atom is 0.341 e. The van der Waals surface area contributed by atoms with Gasteiger partial charge in [0, 0.05) is 22.5 Å². The number of hydrogen-bond donors (Lipinski definition) is 0. The number of nitrogens with zero attached hydrogens (tertiary/aromatic N) is 3. The van der Waals surface area contributed by atoms with Crippen molar-refractivity contribution in [3.63, 3.8) is 0 Å². The van der Waals surface area contributed by atoms with Gasteiger partial charge >= 0.3 is 5.97 Å². The third kappa shape index (κ3) is 3.12. The third-order valence-corrected chi connectivity index (χ3v) is 4.98. The number of rotatable bonds is 4. The van der Waals surface area contributed by atoms with Crippen molar-refractivity contribution in [1.82, 2.24) is 14.8 Å². The van der Waals surface area contributed by atoms with Crippen LogP contribution in [0.4, 0.5) is 0 Å². The number of fused-ring (bicyclic) bond motifs is 1. The van der Waals surface area contributed by atoms with Crippen molar-refractivity contribution in [3.05, 3.63) is 40.5 Å². The Kier molecular flexibility index (Phi) is 5.01. The van der Waals surface area contributed by atoms with E-state index in [1.54, 1.807) is 11.6 Å². The summed E-state index contributed by atoms with van der Waals surface area (Å²) in [6.07, 6.45) is 1.94. The first kappa shape index (κ1) is 17.8. The molecule has 0 saturated carbocycles. The van der Waals surface area contributed by atoms with Gasteiger partial charge in [-0.2, -0.15) is 5.10 Å². The molecule has 0 amide bonds. The number of carbonyl (C=O) groups is 1. The third-order valence-electron chi connectivity index (χ3n) is 3.91. The average molecular weight is 376 g/mol. The SMILES string of the molecule is CCOC(=O)c1c(C)nc2c(c(-c3ccc(Cl)cc3)nn2C)c1SC. The monoisotopic (exact) mass is 375 g/mol. The Balaban J connectivity index is 2.35.